The first-order chi connectivity index (χ1) is 9.11. The monoisotopic (exact) mass is 284 g/mol. The molecule has 1 fully saturated rings. The highest BCUT2D eigenvalue weighted by atomic mass is 32.2. The second-order valence-corrected chi connectivity index (χ2v) is 5.83. The second-order valence-electron chi connectivity index (χ2n) is 4.69. The first-order valence-electron chi connectivity index (χ1n) is 6.33. The van der Waals surface area contributed by atoms with E-state index in [9.17, 15) is 14.5 Å². The van der Waals surface area contributed by atoms with E-state index in [0.29, 0.717) is 10.9 Å². The number of hydrogen-bond donors (Lipinski definition) is 0. The fourth-order valence-corrected chi connectivity index (χ4v) is 3.11. The zero-order valence-corrected chi connectivity index (χ0v) is 11.7. The van der Waals surface area contributed by atoms with E-state index < -0.39 is 10.7 Å². The minimum Gasteiger partial charge on any atom is -0.368 e. The van der Waals surface area contributed by atoms with Crippen LogP contribution in [0.15, 0.2) is 18.2 Å². The summed E-state index contributed by atoms with van der Waals surface area (Å²) in [5, 5.41) is 11.1. The SMILES string of the molecule is CSC1CCCCN(c2ccc([N+](=O)[O-])cc2F)C1. The number of non-ortho nitro benzene ring substituents is 1. The van der Waals surface area contributed by atoms with Crippen molar-refractivity contribution >= 4 is 23.1 Å². The van der Waals surface area contributed by atoms with Gasteiger partial charge in [0.2, 0.25) is 0 Å². The summed E-state index contributed by atoms with van der Waals surface area (Å²) in [6.45, 7) is 1.61. The molecule has 1 unspecified atom stereocenters. The predicted octanol–water partition coefficient (Wildman–Crippen LogP) is 3.46. The summed E-state index contributed by atoms with van der Waals surface area (Å²) in [6, 6.07) is 3.90. The number of rotatable bonds is 3. The third-order valence-corrected chi connectivity index (χ3v) is 4.50. The Morgan fingerprint density at radius 3 is 2.89 bits per heavy atom. The quantitative estimate of drug-likeness (QED) is 0.630. The van der Waals surface area contributed by atoms with Crippen LogP contribution in [0.3, 0.4) is 0 Å². The van der Waals surface area contributed by atoms with Crippen LogP contribution < -0.4 is 4.90 Å². The van der Waals surface area contributed by atoms with Gasteiger partial charge in [-0.15, -0.1) is 0 Å². The van der Waals surface area contributed by atoms with E-state index in [4.69, 9.17) is 0 Å². The van der Waals surface area contributed by atoms with E-state index >= 15 is 0 Å². The van der Waals surface area contributed by atoms with Gasteiger partial charge in [-0.25, -0.2) is 4.39 Å². The van der Waals surface area contributed by atoms with E-state index in [0.717, 1.165) is 38.4 Å². The third kappa shape index (κ3) is 3.37. The molecule has 1 heterocycles. The van der Waals surface area contributed by atoms with Crippen molar-refractivity contribution in [3.05, 3.63) is 34.1 Å². The summed E-state index contributed by atoms with van der Waals surface area (Å²) in [7, 11) is 0. The van der Waals surface area contributed by atoms with Gasteiger partial charge in [0.05, 0.1) is 16.7 Å². The average molecular weight is 284 g/mol. The van der Waals surface area contributed by atoms with Gasteiger partial charge in [-0.1, -0.05) is 6.42 Å². The molecule has 0 aliphatic carbocycles. The molecule has 1 aliphatic rings. The molecule has 1 aromatic carbocycles. The number of nitrogens with zero attached hydrogens (tertiary/aromatic N) is 2. The van der Waals surface area contributed by atoms with Gasteiger partial charge in [-0.2, -0.15) is 11.8 Å². The molecule has 1 aliphatic heterocycles. The molecule has 0 bridgehead atoms. The molecule has 0 radical (unpaired) electrons. The molecule has 19 heavy (non-hydrogen) atoms. The van der Waals surface area contributed by atoms with Gasteiger partial charge in [-0.05, 0) is 25.2 Å². The average Bonchev–Trinajstić information content (AvgIpc) is 2.63. The molecule has 0 saturated carbocycles. The summed E-state index contributed by atoms with van der Waals surface area (Å²) in [4.78, 5) is 12.1. The maximum absolute atomic E-state index is 14.0. The Morgan fingerprint density at radius 1 is 1.47 bits per heavy atom. The Hall–Kier alpha value is -1.30. The molecule has 0 N–H and O–H groups in total. The highest BCUT2D eigenvalue weighted by Crippen LogP contribution is 2.28. The number of hydrogen-bond acceptors (Lipinski definition) is 4. The lowest BCUT2D eigenvalue weighted by molar-refractivity contribution is -0.385. The number of halogens is 1. The largest absolute Gasteiger partial charge is 0.368 e. The van der Waals surface area contributed by atoms with Crippen LogP contribution in [-0.4, -0.2) is 29.5 Å². The Labute approximate surface area is 116 Å². The van der Waals surface area contributed by atoms with Gasteiger partial charge in [0.15, 0.2) is 5.82 Å². The van der Waals surface area contributed by atoms with E-state index in [1.807, 2.05) is 4.90 Å². The Morgan fingerprint density at radius 2 is 2.26 bits per heavy atom. The maximum Gasteiger partial charge on any atom is 0.272 e. The molecular weight excluding hydrogens is 267 g/mol. The van der Waals surface area contributed by atoms with Crippen molar-refractivity contribution in [1.29, 1.82) is 0 Å². The van der Waals surface area contributed by atoms with E-state index in [2.05, 4.69) is 6.26 Å². The first kappa shape index (κ1) is 14.1. The maximum atomic E-state index is 14.0. The van der Waals surface area contributed by atoms with Gasteiger partial charge < -0.3 is 4.90 Å². The summed E-state index contributed by atoms with van der Waals surface area (Å²) < 4.78 is 14.0. The lowest BCUT2D eigenvalue weighted by atomic mass is 10.2. The van der Waals surface area contributed by atoms with Crippen molar-refractivity contribution in [2.24, 2.45) is 0 Å². The van der Waals surface area contributed by atoms with Crippen LogP contribution in [-0.2, 0) is 0 Å². The third-order valence-electron chi connectivity index (χ3n) is 3.44. The molecular formula is C13H17FN2O2S. The number of anilines is 1. The molecule has 1 atom stereocenters. The molecule has 1 aromatic rings. The van der Waals surface area contributed by atoms with Crippen LogP contribution in [0.1, 0.15) is 19.3 Å². The Kier molecular flexibility index (Phi) is 4.63. The fourth-order valence-electron chi connectivity index (χ4n) is 2.38. The summed E-state index contributed by atoms with van der Waals surface area (Å²) >= 11 is 1.80. The van der Waals surface area contributed by atoms with Gasteiger partial charge in [-0.3, -0.25) is 10.1 Å². The van der Waals surface area contributed by atoms with Crippen LogP contribution in [0, 0.1) is 15.9 Å². The Bertz CT molecular complexity index is 470. The number of thioether (sulfide) groups is 1. The zero-order valence-electron chi connectivity index (χ0n) is 10.8. The van der Waals surface area contributed by atoms with Crippen molar-refractivity contribution in [1.82, 2.24) is 0 Å². The minimum atomic E-state index is -0.569. The first-order valence-corrected chi connectivity index (χ1v) is 7.62. The Balaban J connectivity index is 2.22. The molecule has 2 rings (SSSR count). The van der Waals surface area contributed by atoms with Crippen LogP contribution in [0.4, 0.5) is 15.8 Å². The number of benzene rings is 1. The highest BCUT2D eigenvalue weighted by Gasteiger charge is 2.21. The summed E-state index contributed by atoms with van der Waals surface area (Å²) in [5.74, 6) is -0.504. The highest BCUT2D eigenvalue weighted by molar-refractivity contribution is 7.99. The fraction of sp³-hybridized carbons (Fsp3) is 0.538. The second kappa shape index (κ2) is 6.23. The minimum absolute atomic E-state index is 0.197. The smallest absolute Gasteiger partial charge is 0.272 e. The lowest BCUT2D eigenvalue weighted by Crippen LogP contribution is -2.30. The number of nitro groups is 1. The van der Waals surface area contributed by atoms with E-state index in [1.54, 1.807) is 11.8 Å². The van der Waals surface area contributed by atoms with Gasteiger partial charge in [0.1, 0.15) is 0 Å². The molecule has 104 valence electrons. The summed E-state index contributed by atoms with van der Waals surface area (Å²) in [5.41, 5.74) is 0.282. The van der Waals surface area contributed by atoms with Crippen molar-refractivity contribution in [2.75, 3.05) is 24.2 Å². The number of nitro benzene ring substituents is 1. The van der Waals surface area contributed by atoms with Crippen LogP contribution >= 0.6 is 11.8 Å². The van der Waals surface area contributed by atoms with Crippen LogP contribution in [0.2, 0.25) is 0 Å². The molecule has 0 spiro atoms. The van der Waals surface area contributed by atoms with Crippen molar-refractivity contribution in [3.63, 3.8) is 0 Å². The molecule has 0 amide bonds. The van der Waals surface area contributed by atoms with Crippen molar-refractivity contribution in [3.8, 4) is 0 Å². The summed E-state index contributed by atoms with van der Waals surface area (Å²) in [6.07, 6.45) is 5.40. The van der Waals surface area contributed by atoms with Crippen LogP contribution in [0.25, 0.3) is 0 Å². The van der Waals surface area contributed by atoms with Gasteiger partial charge in [0.25, 0.3) is 5.69 Å². The van der Waals surface area contributed by atoms with Crippen molar-refractivity contribution in [2.45, 2.75) is 24.5 Å². The van der Waals surface area contributed by atoms with Crippen LogP contribution in [0.5, 0.6) is 0 Å². The molecule has 0 aromatic heterocycles. The van der Waals surface area contributed by atoms with E-state index in [1.165, 1.54) is 12.1 Å². The van der Waals surface area contributed by atoms with Gasteiger partial charge >= 0.3 is 0 Å². The topological polar surface area (TPSA) is 46.4 Å². The standard InChI is InChI=1S/C13H17FN2O2S/c1-19-11-4-2-3-7-15(9-11)13-6-5-10(16(17)18)8-12(13)14/h5-6,8,11H,2-4,7,9H2,1H3. The molecule has 6 heteroatoms. The lowest BCUT2D eigenvalue weighted by Gasteiger charge is -2.26. The van der Waals surface area contributed by atoms with Gasteiger partial charge in [0, 0.05) is 24.4 Å². The zero-order chi connectivity index (χ0) is 13.8. The van der Waals surface area contributed by atoms with E-state index in [-0.39, 0.29) is 5.69 Å². The van der Waals surface area contributed by atoms with Crippen molar-refractivity contribution < 1.29 is 9.31 Å². The molecule has 1 saturated heterocycles. The predicted molar refractivity (Wildman–Crippen MR) is 76.4 cm³/mol. The normalized spacial score (nSPS) is 20.1. The molecule has 4 nitrogen and oxygen atoms in total.